The number of H-pyrrole nitrogens is 1. The molecule has 40 heavy (non-hydrogen) atoms. The van der Waals surface area contributed by atoms with E-state index in [1.807, 2.05) is 25.9 Å². The molecule has 0 aliphatic carbocycles. The Morgan fingerprint density at radius 2 is 1.75 bits per heavy atom. The van der Waals surface area contributed by atoms with Gasteiger partial charge < -0.3 is 20.3 Å². The Labute approximate surface area is 233 Å². The Bertz CT molecular complexity index is 1700. The van der Waals surface area contributed by atoms with Gasteiger partial charge in [-0.05, 0) is 81.2 Å². The van der Waals surface area contributed by atoms with Crippen molar-refractivity contribution in [1.82, 2.24) is 15.2 Å². The molecule has 0 fully saturated rings. The van der Waals surface area contributed by atoms with E-state index in [9.17, 15) is 22.7 Å². The first-order valence-corrected chi connectivity index (χ1v) is 14.4. The fraction of sp³-hybridized carbons (Fsp3) is 0.241. The lowest BCUT2D eigenvalue weighted by molar-refractivity contribution is 0.0963. The van der Waals surface area contributed by atoms with E-state index in [1.165, 1.54) is 22.7 Å². The van der Waals surface area contributed by atoms with Gasteiger partial charge in [-0.25, -0.2) is 17.8 Å². The van der Waals surface area contributed by atoms with Crippen LogP contribution in [0, 0.1) is 12.7 Å². The number of benzene rings is 3. The predicted molar refractivity (Wildman–Crippen MR) is 157 cm³/mol. The van der Waals surface area contributed by atoms with Crippen molar-refractivity contribution in [2.75, 3.05) is 44.8 Å². The first-order valence-electron chi connectivity index (χ1n) is 12.5. The number of carbonyl (C=O) groups is 1. The van der Waals surface area contributed by atoms with Crippen LogP contribution in [0.15, 0.2) is 65.7 Å². The fourth-order valence-corrected chi connectivity index (χ4v) is 5.38. The molecule has 4 aromatic rings. The van der Waals surface area contributed by atoms with Crippen LogP contribution in [0.1, 0.15) is 27.0 Å². The maximum atomic E-state index is 13.9. The Morgan fingerprint density at radius 3 is 2.35 bits per heavy atom. The number of rotatable bonds is 9. The molecule has 210 valence electrons. The molecule has 1 amide bonds. The molecule has 0 saturated carbocycles. The third-order valence-electron chi connectivity index (χ3n) is 6.48. The maximum Gasteiger partial charge on any atom is 0.251 e. The number of halogens is 1. The molecule has 0 radical (unpaired) electrons. The SMILES string of the molecule is CNC(=O)c1ccc(C(=Nc2ccc(N(CCN(C)C)S(C)(=O)=O)cc2)c2c(O)[nH]c3cc(F)ccc23)c(C)c1. The molecule has 0 saturated heterocycles. The number of nitrogens with zero attached hydrogens (tertiary/aromatic N) is 3. The molecule has 9 nitrogen and oxygen atoms in total. The predicted octanol–water partition coefficient (Wildman–Crippen LogP) is 4.18. The molecule has 0 aliphatic heterocycles. The standard InChI is InChI=1S/C29H32FN5O4S/c1-18-16-19(28(36)31-2)6-12-23(18)27(26-24-13-7-20(30)17-25(24)33-29(26)37)32-21-8-10-22(11-9-21)35(40(5,38)39)15-14-34(3)4/h6-13,16-17,33,37H,14-15H2,1-5H3,(H,31,36). The van der Waals surface area contributed by atoms with Crippen molar-refractivity contribution in [2.45, 2.75) is 6.92 Å². The Morgan fingerprint density at radius 1 is 1.05 bits per heavy atom. The van der Waals surface area contributed by atoms with Gasteiger partial charge in [0.2, 0.25) is 10.0 Å². The average molecular weight is 566 g/mol. The third-order valence-corrected chi connectivity index (χ3v) is 7.67. The summed E-state index contributed by atoms with van der Waals surface area (Å²) >= 11 is 0. The summed E-state index contributed by atoms with van der Waals surface area (Å²) in [4.78, 5) is 21.8. The Balaban J connectivity index is 1.86. The van der Waals surface area contributed by atoms with Gasteiger partial charge in [-0.3, -0.25) is 9.10 Å². The van der Waals surface area contributed by atoms with E-state index >= 15 is 0 Å². The summed E-state index contributed by atoms with van der Waals surface area (Å²) in [7, 11) is 1.79. The van der Waals surface area contributed by atoms with Crippen molar-refractivity contribution >= 4 is 43.9 Å². The van der Waals surface area contributed by atoms with E-state index in [1.54, 1.807) is 55.6 Å². The molecule has 11 heteroatoms. The fourth-order valence-electron chi connectivity index (χ4n) is 4.46. The molecule has 1 heterocycles. The zero-order valence-corrected chi connectivity index (χ0v) is 23.8. The number of amides is 1. The van der Waals surface area contributed by atoms with Gasteiger partial charge in [0.15, 0.2) is 5.88 Å². The molecule has 4 rings (SSSR count). The maximum absolute atomic E-state index is 13.9. The van der Waals surface area contributed by atoms with Gasteiger partial charge in [0.1, 0.15) is 5.82 Å². The zero-order chi connectivity index (χ0) is 29.2. The minimum absolute atomic E-state index is 0.183. The van der Waals surface area contributed by atoms with Crippen LogP contribution in [-0.4, -0.2) is 75.5 Å². The molecule has 3 N–H and O–H groups in total. The second-order valence-corrected chi connectivity index (χ2v) is 11.7. The topological polar surface area (TPSA) is 118 Å². The molecule has 3 aromatic carbocycles. The number of carbonyl (C=O) groups excluding carboxylic acids is 1. The highest BCUT2D eigenvalue weighted by Crippen LogP contribution is 2.33. The number of sulfonamides is 1. The molecule has 0 atom stereocenters. The lowest BCUT2D eigenvalue weighted by Gasteiger charge is -2.24. The first-order chi connectivity index (χ1) is 18.9. The van der Waals surface area contributed by atoms with Crippen LogP contribution >= 0.6 is 0 Å². The van der Waals surface area contributed by atoms with Gasteiger partial charge in [-0.15, -0.1) is 0 Å². The molecule has 0 spiro atoms. The number of aromatic amines is 1. The van der Waals surface area contributed by atoms with Crippen LogP contribution < -0.4 is 9.62 Å². The van der Waals surface area contributed by atoms with E-state index in [0.717, 1.165) is 5.56 Å². The molecule has 0 aliphatic rings. The zero-order valence-electron chi connectivity index (χ0n) is 23.0. The van der Waals surface area contributed by atoms with Gasteiger partial charge in [0.05, 0.1) is 34.4 Å². The second-order valence-electron chi connectivity index (χ2n) is 9.76. The number of fused-ring (bicyclic) bond motifs is 1. The minimum Gasteiger partial charge on any atom is -0.494 e. The number of aliphatic imine (C=N–C) groups is 1. The van der Waals surface area contributed by atoms with Gasteiger partial charge in [0, 0.05) is 36.7 Å². The second kappa shape index (κ2) is 11.5. The van der Waals surface area contributed by atoms with E-state index in [4.69, 9.17) is 4.99 Å². The molecule has 1 aromatic heterocycles. The summed E-state index contributed by atoms with van der Waals surface area (Å²) in [6.07, 6.45) is 1.17. The first kappa shape index (κ1) is 28.8. The number of anilines is 1. The Hall–Kier alpha value is -4.22. The summed E-state index contributed by atoms with van der Waals surface area (Å²) in [5.41, 5.74) is 4.04. The highest BCUT2D eigenvalue weighted by molar-refractivity contribution is 7.92. The molecule has 0 bridgehead atoms. The van der Waals surface area contributed by atoms with Gasteiger partial charge >= 0.3 is 0 Å². The van der Waals surface area contributed by atoms with Gasteiger partial charge in [-0.1, -0.05) is 6.07 Å². The van der Waals surface area contributed by atoms with Crippen molar-refractivity contribution in [3.8, 4) is 5.88 Å². The minimum atomic E-state index is -3.51. The van der Waals surface area contributed by atoms with Crippen LogP contribution in [0.5, 0.6) is 5.88 Å². The highest BCUT2D eigenvalue weighted by Gasteiger charge is 2.22. The van der Waals surface area contributed by atoms with Crippen LogP contribution in [0.3, 0.4) is 0 Å². The Kier molecular flexibility index (Phi) is 8.26. The van der Waals surface area contributed by atoms with Crippen molar-refractivity contribution in [3.63, 3.8) is 0 Å². The van der Waals surface area contributed by atoms with Crippen LogP contribution in [0.2, 0.25) is 0 Å². The smallest absolute Gasteiger partial charge is 0.251 e. The quantitative estimate of drug-likeness (QED) is 0.263. The lowest BCUT2D eigenvalue weighted by Crippen LogP contribution is -2.35. The van der Waals surface area contributed by atoms with Crippen molar-refractivity contribution in [3.05, 3.63) is 88.7 Å². The lowest BCUT2D eigenvalue weighted by atomic mass is 9.95. The van der Waals surface area contributed by atoms with Crippen molar-refractivity contribution in [1.29, 1.82) is 0 Å². The van der Waals surface area contributed by atoms with Crippen LogP contribution in [0.4, 0.5) is 15.8 Å². The number of aromatic hydroxyl groups is 1. The summed E-state index contributed by atoms with van der Waals surface area (Å²) in [5.74, 6) is -0.873. The summed E-state index contributed by atoms with van der Waals surface area (Å²) in [6.45, 7) is 2.67. The summed E-state index contributed by atoms with van der Waals surface area (Å²) < 4.78 is 40.2. The van der Waals surface area contributed by atoms with E-state index < -0.39 is 15.8 Å². The summed E-state index contributed by atoms with van der Waals surface area (Å²) in [6, 6.07) is 16.1. The van der Waals surface area contributed by atoms with Crippen molar-refractivity contribution < 1.29 is 22.7 Å². The van der Waals surface area contributed by atoms with Crippen LogP contribution in [0.25, 0.3) is 10.9 Å². The van der Waals surface area contributed by atoms with Crippen LogP contribution in [-0.2, 0) is 10.0 Å². The van der Waals surface area contributed by atoms with Gasteiger partial charge in [0.25, 0.3) is 5.91 Å². The average Bonchev–Trinajstić information content (AvgIpc) is 3.21. The molecular weight excluding hydrogens is 533 g/mol. The van der Waals surface area contributed by atoms with E-state index in [-0.39, 0.29) is 18.3 Å². The normalized spacial score (nSPS) is 12.2. The van der Waals surface area contributed by atoms with E-state index in [0.29, 0.717) is 51.2 Å². The highest BCUT2D eigenvalue weighted by atomic mass is 32.2. The number of aromatic nitrogens is 1. The molecule has 0 unspecified atom stereocenters. The van der Waals surface area contributed by atoms with Gasteiger partial charge in [-0.2, -0.15) is 0 Å². The monoisotopic (exact) mass is 565 g/mol. The van der Waals surface area contributed by atoms with E-state index in [2.05, 4.69) is 10.3 Å². The summed E-state index contributed by atoms with van der Waals surface area (Å²) in [5, 5.41) is 14.1. The third kappa shape index (κ3) is 6.16. The molecular formula is C29H32FN5O4S. The number of nitrogens with one attached hydrogen (secondary N) is 2. The number of hydrogen-bond donors (Lipinski definition) is 3. The number of hydrogen-bond acceptors (Lipinski definition) is 6. The number of aryl methyl sites for hydroxylation is 1. The van der Waals surface area contributed by atoms with Crippen molar-refractivity contribution in [2.24, 2.45) is 4.99 Å². The number of likely N-dealkylation sites (N-methyl/N-ethyl adjacent to an activating group) is 1. The largest absolute Gasteiger partial charge is 0.494 e.